The van der Waals surface area contributed by atoms with E-state index < -0.39 is 79.0 Å². The molecule has 4 rings (SSSR count). The highest BCUT2D eigenvalue weighted by Gasteiger charge is 2.43. The maximum atomic E-state index is 15.3. The molecule has 0 bridgehead atoms. The molecule has 40 heavy (non-hydrogen) atoms. The minimum atomic E-state index is -4.79. The van der Waals surface area contributed by atoms with Crippen LogP contribution >= 0.6 is 7.92 Å². The topological polar surface area (TPSA) is 81.7 Å². The average Bonchev–Trinajstić information content (AvgIpc) is 3.20. The zero-order valence-electron chi connectivity index (χ0n) is 21.2. The molecule has 1 heterocycles. The van der Waals surface area contributed by atoms with Gasteiger partial charge < -0.3 is 20.6 Å². The summed E-state index contributed by atoms with van der Waals surface area (Å²) < 4.78 is 83.0. The molecule has 2 unspecified atom stereocenters. The third-order valence-electron chi connectivity index (χ3n) is 6.52. The van der Waals surface area contributed by atoms with Gasteiger partial charge in [-0.3, -0.25) is 4.79 Å². The maximum Gasteiger partial charge on any atom is 0.416 e. The van der Waals surface area contributed by atoms with Gasteiger partial charge in [-0.1, -0.05) is 32.2 Å². The fourth-order valence-electron chi connectivity index (χ4n) is 4.50. The minimum Gasteiger partial charge on any atom is -0.396 e. The molecule has 3 amide bonds. The Morgan fingerprint density at radius 2 is 1.73 bits per heavy atom. The number of urea groups is 1. The van der Waals surface area contributed by atoms with Crippen molar-refractivity contribution in [1.29, 1.82) is 0 Å². The number of amides is 3. The van der Waals surface area contributed by atoms with Crippen molar-refractivity contribution < 1.29 is 41.0 Å². The van der Waals surface area contributed by atoms with Gasteiger partial charge in [-0.25, -0.2) is 18.0 Å². The Bertz CT molecular complexity index is 1450. The van der Waals surface area contributed by atoms with Gasteiger partial charge in [0.1, 0.15) is 11.9 Å². The number of hydrogen-bond donors (Lipinski definition) is 3. The van der Waals surface area contributed by atoms with Crippen molar-refractivity contribution >= 4 is 36.5 Å². The van der Waals surface area contributed by atoms with Crippen LogP contribution in [0.4, 0.5) is 42.5 Å². The van der Waals surface area contributed by atoms with Crippen molar-refractivity contribution in [2.75, 3.05) is 36.7 Å². The highest BCUT2D eigenvalue weighted by atomic mass is 31.1. The van der Waals surface area contributed by atoms with E-state index in [9.17, 15) is 32.3 Å². The number of carbonyl (C=O) groups is 2. The van der Waals surface area contributed by atoms with Gasteiger partial charge in [-0.05, 0) is 54.5 Å². The predicted octanol–water partition coefficient (Wildman–Crippen LogP) is 5.30. The molecule has 6 nitrogen and oxygen atoms in total. The molecule has 3 N–H and O–H groups in total. The van der Waals surface area contributed by atoms with Crippen molar-refractivity contribution in [2.24, 2.45) is 5.92 Å². The Morgan fingerprint density at radius 3 is 2.35 bits per heavy atom. The van der Waals surface area contributed by atoms with Gasteiger partial charge in [0.15, 0.2) is 11.6 Å². The summed E-state index contributed by atoms with van der Waals surface area (Å²) in [6.45, 7) is 3.07. The number of aliphatic hydroxyl groups is 1. The summed E-state index contributed by atoms with van der Waals surface area (Å²) in [7, 11) is -0.637. The lowest BCUT2D eigenvalue weighted by atomic mass is 10.0. The highest BCUT2D eigenvalue weighted by Crippen LogP contribution is 2.36. The smallest absolute Gasteiger partial charge is 0.396 e. The third-order valence-corrected chi connectivity index (χ3v) is 7.87. The molecule has 0 radical (unpaired) electrons. The molecule has 1 fully saturated rings. The van der Waals surface area contributed by atoms with Crippen LogP contribution in [-0.4, -0.2) is 49.6 Å². The normalized spacial score (nSPS) is 17.4. The standard InChI is InChI=1S/C27H24F6N3O3P/c1-40(2)21-6-4-3-5-16(21)17-8-10-20(23(30)22(17)29)36-12-14(13-37)24(25(36)38)35-26(39)34-19-9-7-15(11-18(19)28)27(31,32)33/h3-11,14,24,37H,12-13H2,1-2H3,(H2,34,35,39). The molecule has 0 spiro atoms. The molecule has 212 valence electrons. The van der Waals surface area contributed by atoms with E-state index in [1.54, 1.807) is 18.2 Å². The van der Waals surface area contributed by atoms with E-state index in [4.69, 9.17) is 0 Å². The summed E-state index contributed by atoms with van der Waals surface area (Å²) in [4.78, 5) is 26.5. The molecule has 0 saturated carbocycles. The predicted molar refractivity (Wildman–Crippen MR) is 140 cm³/mol. The van der Waals surface area contributed by atoms with Crippen LogP contribution in [0.1, 0.15) is 5.56 Å². The first-order valence-corrected chi connectivity index (χ1v) is 14.2. The lowest BCUT2D eigenvalue weighted by Crippen LogP contribution is -2.46. The second-order valence-electron chi connectivity index (χ2n) is 9.33. The molecule has 1 aliphatic heterocycles. The number of rotatable bonds is 6. The van der Waals surface area contributed by atoms with E-state index in [0.29, 0.717) is 17.7 Å². The van der Waals surface area contributed by atoms with Crippen molar-refractivity contribution in [2.45, 2.75) is 12.2 Å². The number of hydrogen-bond acceptors (Lipinski definition) is 3. The molecule has 1 saturated heterocycles. The Kier molecular flexibility index (Phi) is 8.41. The molecule has 13 heteroatoms. The van der Waals surface area contributed by atoms with Crippen molar-refractivity contribution in [1.82, 2.24) is 5.32 Å². The van der Waals surface area contributed by atoms with Gasteiger partial charge in [0, 0.05) is 18.0 Å². The second-order valence-corrected chi connectivity index (χ2v) is 11.6. The zero-order valence-corrected chi connectivity index (χ0v) is 22.1. The molecule has 3 aromatic carbocycles. The zero-order chi connectivity index (χ0) is 29.4. The van der Waals surface area contributed by atoms with Crippen molar-refractivity contribution in [3.8, 4) is 11.1 Å². The number of alkyl halides is 3. The van der Waals surface area contributed by atoms with E-state index >= 15 is 8.78 Å². The molecule has 2 atom stereocenters. The van der Waals surface area contributed by atoms with Crippen LogP contribution in [0.2, 0.25) is 0 Å². The van der Waals surface area contributed by atoms with Gasteiger partial charge in [0.05, 0.1) is 23.5 Å². The third kappa shape index (κ3) is 5.78. The number of halogens is 6. The van der Waals surface area contributed by atoms with Gasteiger partial charge in [-0.15, -0.1) is 0 Å². The van der Waals surface area contributed by atoms with E-state index in [0.717, 1.165) is 10.2 Å². The van der Waals surface area contributed by atoms with E-state index in [1.165, 1.54) is 12.1 Å². The van der Waals surface area contributed by atoms with Crippen molar-refractivity contribution in [3.63, 3.8) is 0 Å². The second kappa shape index (κ2) is 11.5. The molecule has 1 aliphatic rings. The average molecular weight is 583 g/mol. The highest BCUT2D eigenvalue weighted by molar-refractivity contribution is 7.64. The SMILES string of the molecule is CP(C)c1ccccc1-c1ccc(N2CC(CO)C(NC(=O)Nc3ccc(C(F)(F)F)cc3F)C2=O)c(F)c1F. The first kappa shape index (κ1) is 29.4. The van der Waals surface area contributed by atoms with Crippen LogP contribution in [-0.2, 0) is 11.0 Å². The number of carbonyl (C=O) groups excluding carboxylic acids is 2. The molecular formula is C27H24F6N3O3P. The first-order valence-electron chi connectivity index (χ1n) is 11.9. The Labute approximate surface area is 226 Å². The Balaban J connectivity index is 1.55. The monoisotopic (exact) mass is 583 g/mol. The lowest BCUT2D eigenvalue weighted by Gasteiger charge is -2.20. The fraction of sp³-hybridized carbons (Fsp3) is 0.259. The van der Waals surface area contributed by atoms with E-state index in [1.807, 2.05) is 24.7 Å². The van der Waals surface area contributed by atoms with Gasteiger partial charge >= 0.3 is 12.2 Å². The maximum absolute atomic E-state index is 15.3. The summed E-state index contributed by atoms with van der Waals surface area (Å²) in [6, 6.07) is 8.54. The summed E-state index contributed by atoms with van der Waals surface area (Å²) in [6.07, 6.45) is -4.79. The van der Waals surface area contributed by atoms with Crippen LogP contribution in [0.3, 0.4) is 0 Å². The van der Waals surface area contributed by atoms with Gasteiger partial charge in [-0.2, -0.15) is 13.2 Å². The minimum absolute atomic E-state index is 0.0195. The quantitative estimate of drug-likeness (QED) is 0.272. The number of nitrogens with one attached hydrogen (secondary N) is 2. The van der Waals surface area contributed by atoms with Crippen LogP contribution in [0.5, 0.6) is 0 Å². The molecule has 0 aromatic heterocycles. The van der Waals surface area contributed by atoms with Crippen LogP contribution < -0.4 is 20.8 Å². The van der Waals surface area contributed by atoms with Crippen molar-refractivity contribution in [3.05, 3.63) is 77.6 Å². The van der Waals surface area contributed by atoms with E-state index in [2.05, 4.69) is 5.32 Å². The van der Waals surface area contributed by atoms with Gasteiger partial charge in [0.2, 0.25) is 5.91 Å². The number of aliphatic hydroxyl groups excluding tert-OH is 1. The van der Waals surface area contributed by atoms with Crippen LogP contribution in [0.15, 0.2) is 54.6 Å². The Morgan fingerprint density at radius 1 is 1.02 bits per heavy atom. The first-order chi connectivity index (χ1) is 18.8. The lowest BCUT2D eigenvalue weighted by molar-refractivity contribution is -0.137. The largest absolute Gasteiger partial charge is 0.416 e. The summed E-state index contributed by atoms with van der Waals surface area (Å²) >= 11 is 0. The van der Waals surface area contributed by atoms with Crippen LogP contribution in [0.25, 0.3) is 11.1 Å². The fourth-order valence-corrected chi connectivity index (χ4v) is 5.56. The number of anilines is 2. The molecule has 3 aromatic rings. The number of nitrogens with zero attached hydrogens (tertiary/aromatic N) is 1. The summed E-state index contributed by atoms with van der Waals surface area (Å²) in [5.74, 6) is -5.62. The summed E-state index contributed by atoms with van der Waals surface area (Å²) in [5, 5.41) is 14.9. The summed E-state index contributed by atoms with van der Waals surface area (Å²) in [5.41, 5.74) is -1.69. The molecular weight excluding hydrogens is 559 g/mol. The number of benzene rings is 3. The van der Waals surface area contributed by atoms with Crippen LogP contribution in [0, 0.1) is 23.4 Å². The van der Waals surface area contributed by atoms with E-state index in [-0.39, 0.29) is 18.2 Å². The van der Waals surface area contributed by atoms with Gasteiger partial charge in [0.25, 0.3) is 0 Å². The molecule has 0 aliphatic carbocycles. The Hall–Kier alpha value is -3.63.